The lowest BCUT2D eigenvalue weighted by Crippen LogP contribution is -2.43. The maximum atomic E-state index is 11.6. The summed E-state index contributed by atoms with van der Waals surface area (Å²) in [6, 6.07) is 3.25. The zero-order valence-electron chi connectivity index (χ0n) is 8.71. The highest BCUT2D eigenvalue weighted by atomic mass is 79.9. The highest BCUT2D eigenvalue weighted by Gasteiger charge is 2.22. The molecule has 0 saturated carbocycles. The number of carbonyl (C=O) groups is 1. The molecule has 0 saturated heterocycles. The Balaban J connectivity index is 2.63. The third-order valence-electron chi connectivity index (χ3n) is 1.99. The van der Waals surface area contributed by atoms with Crippen LogP contribution in [-0.4, -0.2) is 23.2 Å². The van der Waals surface area contributed by atoms with Crippen molar-refractivity contribution in [2.24, 2.45) is 0 Å². The van der Waals surface area contributed by atoms with Gasteiger partial charge in [-0.2, -0.15) is 0 Å². The molecule has 0 bridgehead atoms. The van der Waals surface area contributed by atoms with Crippen molar-refractivity contribution in [3.05, 3.63) is 22.6 Å². The van der Waals surface area contributed by atoms with E-state index < -0.39 is 5.54 Å². The fourth-order valence-electron chi connectivity index (χ4n) is 1.15. The first-order valence-corrected chi connectivity index (χ1v) is 5.42. The molecular formula is C10H14BrNO3. The molecule has 2 N–H and O–H groups in total. The molecule has 1 heterocycles. The molecule has 0 fully saturated rings. The Morgan fingerprint density at radius 1 is 1.60 bits per heavy atom. The largest absolute Gasteiger partial charge is 0.444 e. The lowest BCUT2D eigenvalue weighted by atomic mass is 10.0. The van der Waals surface area contributed by atoms with E-state index in [0.29, 0.717) is 11.1 Å². The van der Waals surface area contributed by atoms with Crippen LogP contribution in [0.15, 0.2) is 21.2 Å². The summed E-state index contributed by atoms with van der Waals surface area (Å²) in [4.78, 5) is 11.6. The predicted octanol–water partition coefficient (Wildman–Crippen LogP) is 1.93. The van der Waals surface area contributed by atoms with Crippen molar-refractivity contribution in [1.82, 2.24) is 5.32 Å². The van der Waals surface area contributed by atoms with Crippen molar-refractivity contribution in [1.29, 1.82) is 0 Å². The zero-order chi connectivity index (χ0) is 11.5. The zero-order valence-corrected chi connectivity index (χ0v) is 10.3. The van der Waals surface area contributed by atoms with E-state index in [1.807, 2.05) is 13.8 Å². The molecule has 1 amide bonds. The molecule has 0 unspecified atom stereocenters. The summed E-state index contributed by atoms with van der Waals surface area (Å²) in [5.41, 5.74) is -0.439. The standard InChI is InChI=1S/C10H14BrNO3/c1-10(2,5-6-13)12-9(14)7-3-4-8(11)15-7/h3-4,13H,5-6H2,1-2H3,(H,12,14). The van der Waals surface area contributed by atoms with Crippen LogP contribution in [0.4, 0.5) is 0 Å². The number of aliphatic hydroxyl groups is 1. The van der Waals surface area contributed by atoms with E-state index in [9.17, 15) is 4.79 Å². The minimum atomic E-state index is -0.439. The van der Waals surface area contributed by atoms with Crippen molar-refractivity contribution in [3.8, 4) is 0 Å². The van der Waals surface area contributed by atoms with Crippen LogP contribution < -0.4 is 5.32 Å². The van der Waals surface area contributed by atoms with E-state index in [4.69, 9.17) is 9.52 Å². The summed E-state index contributed by atoms with van der Waals surface area (Å²) < 4.78 is 5.63. The van der Waals surface area contributed by atoms with Crippen LogP contribution in [0.3, 0.4) is 0 Å². The van der Waals surface area contributed by atoms with Gasteiger partial charge in [-0.05, 0) is 48.3 Å². The van der Waals surface area contributed by atoms with Crippen molar-refractivity contribution in [2.45, 2.75) is 25.8 Å². The minimum absolute atomic E-state index is 0.0368. The molecule has 0 spiro atoms. The summed E-state index contributed by atoms with van der Waals surface area (Å²) in [6.45, 7) is 3.73. The number of carbonyl (C=O) groups excluding carboxylic acids is 1. The third-order valence-corrected chi connectivity index (χ3v) is 2.41. The van der Waals surface area contributed by atoms with E-state index in [0.717, 1.165) is 0 Å². The first-order chi connectivity index (χ1) is 6.94. The number of hydrogen-bond donors (Lipinski definition) is 2. The van der Waals surface area contributed by atoms with Gasteiger partial charge in [0.1, 0.15) is 0 Å². The molecule has 0 atom stereocenters. The van der Waals surface area contributed by atoms with Gasteiger partial charge in [-0.15, -0.1) is 0 Å². The van der Waals surface area contributed by atoms with E-state index in [2.05, 4.69) is 21.2 Å². The average molecular weight is 276 g/mol. The summed E-state index contributed by atoms with van der Waals surface area (Å²) in [5.74, 6) is -0.0213. The summed E-state index contributed by atoms with van der Waals surface area (Å²) >= 11 is 3.12. The van der Waals surface area contributed by atoms with Crippen LogP contribution in [0.1, 0.15) is 30.8 Å². The van der Waals surface area contributed by atoms with Gasteiger partial charge in [-0.1, -0.05) is 0 Å². The van der Waals surface area contributed by atoms with Crippen LogP contribution in [0.25, 0.3) is 0 Å². The van der Waals surface area contributed by atoms with Gasteiger partial charge in [-0.25, -0.2) is 0 Å². The van der Waals surface area contributed by atoms with Crippen LogP contribution in [0.5, 0.6) is 0 Å². The number of hydrogen-bond acceptors (Lipinski definition) is 3. The molecule has 84 valence electrons. The molecule has 0 aliphatic heterocycles. The second-order valence-electron chi connectivity index (χ2n) is 3.92. The van der Waals surface area contributed by atoms with Crippen LogP contribution in [0.2, 0.25) is 0 Å². The van der Waals surface area contributed by atoms with Gasteiger partial charge in [0.15, 0.2) is 10.4 Å². The Kier molecular flexibility index (Phi) is 3.93. The summed E-state index contributed by atoms with van der Waals surface area (Å²) in [7, 11) is 0. The molecule has 4 nitrogen and oxygen atoms in total. The second kappa shape index (κ2) is 4.81. The lowest BCUT2D eigenvalue weighted by molar-refractivity contribution is 0.0869. The molecule has 1 aromatic rings. The number of aliphatic hydroxyl groups excluding tert-OH is 1. The van der Waals surface area contributed by atoms with Crippen LogP contribution in [0, 0.1) is 0 Å². The Morgan fingerprint density at radius 2 is 2.27 bits per heavy atom. The van der Waals surface area contributed by atoms with Crippen molar-refractivity contribution >= 4 is 21.8 Å². The topological polar surface area (TPSA) is 62.5 Å². The monoisotopic (exact) mass is 275 g/mol. The van der Waals surface area contributed by atoms with Gasteiger partial charge < -0.3 is 14.8 Å². The molecule has 0 aliphatic rings. The van der Waals surface area contributed by atoms with Gasteiger partial charge in [0.05, 0.1) is 0 Å². The molecule has 15 heavy (non-hydrogen) atoms. The van der Waals surface area contributed by atoms with Crippen molar-refractivity contribution in [2.75, 3.05) is 6.61 Å². The average Bonchev–Trinajstić information content (AvgIpc) is 2.50. The number of rotatable bonds is 4. The molecule has 5 heteroatoms. The first-order valence-electron chi connectivity index (χ1n) is 4.63. The van der Waals surface area contributed by atoms with E-state index in [1.165, 1.54) is 0 Å². The number of halogens is 1. The fourth-order valence-corrected chi connectivity index (χ4v) is 1.45. The Labute approximate surface area is 96.8 Å². The van der Waals surface area contributed by atoms with Crippen molar-refractivity contribution in [3.63, 3.8) is 0 Å². The van der Waals surface area contributed by atoms with Gasteiger partial charge in [0.2, 0.25) is 0 Å². The Hall–Kier alpha value is -0.810. The fraction of sp³-hybridized carbons (Fsp3) is 0.500. The maximum Gasteiger partial charge on any atom is 0.287 e. The summed E-state index contributed by atoms with van der Waals surface area (Å²) in [5, 5.41) is 11.6. The number of furan rings is 1. The highest BCUT2D eigenvalue weighted by Crippen LogP contribution is 2.15. The molecular weight excluding hydrogens is 262 g/mol. The van der Waals surface area contributed by atoms with Gasteiger partial charge in [0.25, 0.3) is 5.91 Å². The number of nitrogens with one attached hydrogen (secondary N) is 1. The molecule has 0 radical (unpaired) electrons. The molecule has 0 aromatic carbocycles. The lowest BCUT2D eigenvalue weighted by Gasteiger charge is -2.24. The van der Waals surface area contributed by atoms with E-state index in [-0.39, 0.29) is 18.3 Å². The van der Waals surface area contributed by atoms with Gasteiger partial charge >= 0.3 is 0 Å². The SMILES string of the molecule is CC(C)(CCO)NC(=O)c1ccc(Br)o1. The minimum Gasteiger partial charge on any atom is -0.444 e. The van der Waals surface area contributed by atoms with Gasteiger partial charge in [-0.3, -0.25) is 4.79 Å². The first kappa shape index (κ1) is 12.3. The number of amides is 1. The Morgan fingerprint density at radius 3 is 2.73 bits per heavy atom. The van der Waals surface area contributed by atoms with Gasteiger partial charge in [0, 0.05) is 12.1 Å². The third kappa shape index (κ3) is 3.68. The van der Waals surface area contributed by atoms with Crippen LogP contribution in [-0.2, 0) is 0 Å². The second-order valence-corrected chi connectivity index (χ2v) is 4.70. The highest BCUT2D eigenvalue weighted by molar-refractivity contribution is 9.10. The molecule has 1 aromatic heterocycles. The smallest absolute Gasteiger partial charge is 0.287 e. The van der Waals surface area contributed by atoms with Crippen molar-refractivity contribution < 1.29 is 14.3 Å². The Bertz CT molecular complexity index is 346. The van der Waals surface area contributed by atoms with E-state index >= 15 is 0 Å². The van der Waals surface area contributed by atoms with Crippen LogP contribution >= 0.6 is 15.9 Å². The summed E-state index contributed by atoms with van der Waals surface area (Å²) in [6.07, 6.45) is 0.501. The molecule has 0 aliphatic carbocycles. The quantitative estimate of drug-likeness (QED) is 0.883. The normalized spacial score (nSPS) is 11.5. The molecule has 1 rings (SSSR count). The van der Waals surface area contributed by atoms with E-state index in [1.54, 1.807) is 12.1 Å². The maximum absolute atomic E-state index is 11.6. The predicted molar refractivity (Wildman–Crippen MR) is 59.7 cm³/mol.